The summed E-state index contributed by atoms with van der Waals surface area (Å²) in [4.78, 5) is 2.37. The van der Waals surface area contributed by atoms with Crippen molar-refractivity contribution in [3.63, 3.8) is 0 Å². The minimum absolute atomic E-state index is 0.0251. The van der Waals surface area contributed by atoms with Crippen molar-refractivity contribution < 1.29 is 14.6 Å². The van der Waals surface area contributed by atoms with Gasteiger partial charge in [0.2, 0.25) is 0 Å². The van der Waals surface area contributed by atoms with Crippen LogP contribution < -0.4 is 5.73 Å². The number of likely N-dealkylation sites (N-methyl/N-ethyl adjacent to an activating group) is 1. The molecule has 6 rings (SSSR count). The molecule has 0 unspecified atom stereocenters. The van der Waals surface area contributed by atoms with Crippen molar-refractivity contribution in [2.75, 3.05) is 13.6 Å². The summed E-state index contributed by atoms with van der Waals surface area (Å²) in [5.74, 6) is 0. The van der Waals surface area contributed by atoms with Crippen molar-refractivity contribution in [1.29, 1.82) is 0 Å². The molecule has 1 fully saturated rings. The van der Waals surface area contributed by atoms with Crippen LogP contribution in [0.25, 0.3) is 21.9 Å². The number of ether oxygens (including phenoxy) is 2. The molecule has 0 spiro atoms. The molecule has 1 aliphatic heterocycles. The molecule has 4 atom stereocenters. The predicted octanol–water partition coefficient (Wildman–Crippen LogP) is 7.70. The SMILES string of the molecule is C[C@H](c1ccc2ccccc2c1)N(C)C[C@@H]1C[C@H](c2ccc(CO)cc2)O[C@H](c2ccc(-c3ccccc3CN)cc2)O1. The Bertz CT molecular complexity index is 1650. The summed E-state index contributed by atoms with van der Waals surface area (Å²) in [6.45, 7) is 3.54. The molecule has 0 amide bonds. The molecule has 5 nitrogen and oxygen atoms in total. The maximum Gasteiger partial charge on any atom is 0.184 e. The van der Waals surface area contributed by atoms with Crippen LogP contribution in [-0.4, -0.2) is 29.7 Å². The van der Waals surface area contributed by atoms with E-state index >= 15 is 0 Å². The fourth-order valence-electron chi connectivity index (χ4n) is 6.03. The number of fused-ring (bicyclic) bond motifs is 1. The Hall–Kier alpha value is -3.84. The normalized spacial score (nSPS) is 19.5. The molecule has 5 aromatic carbocycles. The smallest absolute Gasteiger partial charge is 0.184 e. The lowest BCUT2D eigenvalue weighted by Gasteiger charge is -2.39. The van der Waals surface area contributed by atoms with Crippen LogP contribution in [0.5, 0.6) is 0 Å². The first-order valence-electron chi connectivity index (χ1n) is 15.1. The van der Waals surface area contributed by atoms with E-state index in [0.717, 1.165) is 46.3 Å². The second-order valence-electron chi connectivity index (χ2n) is 11.6. The molecular formula is C38H40N2O3. The topological polar surface area (TPSA) is 68.0 Å². The molecule has 43 heavy (non-hydrogen) atoms. The Balaban J connectivity index is 1.23. The quantitative estimate of drug-likeness (QED) is 0.189. The Labute approximate surface area is 254 Å². The molecule has 220 valence electrons. The van der Waals surface area contributed by atoms with Gasteiger partial charge >= 0.3 is 0 Å². The minimum atomic E-state index is -0.496. The highest BCUT2D eigenvalue weighted by atomic mass is 16.7. The van der Waals surface area contributed by atoms with Crippen molar-refractivity contribution in [3.8, 4) is 11.1 Å². The molecule has 1 heterocycles. The molecule has 0 radical (unpaired) electrons. The number of benzene rings is 5. The van der Waals surface area contributed by atoms with E-state index in [-0.39, 0.29) is 24.9 Å². The zero-order chi connectivity index (χ0) is 29.8. The zero-order valence-corrected chi connectivity index (χ0v) is 24.9. The van der Waals surface area contributed by atoms with Gasteiger partial charge in [-0.25, -0.2) is 0 Å². The molecule has 5 heteroatoms. The highest BCUT2D eigenvalue weighted by Gasteiger charge is 2.33. The first-order valence-corrected chi connectivity index (χ1v) is 15.1. The summed E-state index contributed by atoms with van der Waals surface area (Å²) in [6.07, 6.45) is 0.0842. The van der Waals surface area contributed by atoms with Gasteiger partial charge in [0.25, 0.3) is 0 Å². The van der Waals surface area contributed by atoms with E-state index in [4.69, 9.17) is 15.2 Å². The number of aliphatic hydroxyl groups excluding tert-OH is 1. The number of hydrogen-bond acceptors (Lipinski definition) is 5. The standard InChI is InChI=1S/C38H40N2O3/c1-26(32-20-15-28-7-3-4-8-33(28)21-32)40(2)24-35-22-37(30-13-11-27(25-41)12-14-30)43-38(42-35)31-18-16-29(17-19-31)36-10-6-5-9-34(36)23-39/h3-21,26,35,37-38,41H,22-25,39H2,1-2H3/t26-,35+,37-,38-/m1/s1. The molecular weight excluding hydrogens is 532 g/mol. The van der Waals surface area contributed by atoms with Gasteiger partial charge in [-0.3, -0.25) is 4.90 Å². The number of nitrogens with zero attached hydrogens (tertiary/aromatic N) is 1. The summed E-state index contributed by atoms with van der Waals surface area (Å²) in [5, 5.41) is 12.1. The third-order valence-corrected chi connectivity index (χ3v) is 8.75. The Morgan fingerprint density at radius 3 is 2.26 bits per heavy atom. The molecule has 0 bridgehead atoms. The number of aliphatic hydroxyl groups is 1. The highest BCUT2D eigenvalue weighted by Crippen LogP contribution is 2.39. The average molecular weight is 573 g/mol. The van der Waals surface area contributed by atoms with E-state index in [1.165, 1.54) is 16.3 Å². The van der Waals surface area contributed by atoms with Gasteiger partial charge in [-0.1, -0.05) is 109 Å². The van der Waals surface area contributed by atoms with Gasteiger partial charge in [0, 0.05) is 31.1 Å². The van der Waals surface area contributed by atoms with Gasteiger partial charge in [0.05, 0.1) is 18.8 Å². The fraction of sp³-hybridized carbons (Fsp3) is 0.263. The largest absolute Gasteiger partial charge is 0.392 e. The van der Waals surface area contributed by atoms with E-state index in [1.54, 1.807) is 0 Å². The lowest BCUT2D eigenvalue weighted by molar-refractivity contribution is -0.253. The van der Waals surface area contributed by atoms with Crippen molar-refractivity contribution >= 4 is 10.8 Å². The van der Waals surface area contributed by atoms with E-state index in [1.807, 2.05) is 24.3 Å². The molecule has 1 aliphatic rings. The van der Waals surface area contributed by atoms with Crippen LogP contribution in [0.2, 0.25) is 0 Å². The number of rotatable bonds is 9. The third-order valence-electron chi connectivity index (χ3n) is 8.75. The Morgan fingerprint density at radius 1 is 0.814 bits per heavy atom. The van der Waals surface area contributed by atoms with Gasteiger partial charge in [-0.15, -0.1) is 0 Å². The molecule has 5 aromatic rings. The van der Waals surface area contributed by atoms with Crippen LogP contribution in [0.15, 0.2) is 115 Å². The van der Waals surface area contributed by atoms with Crippen LogP contribution in [0.1, 0.15) is 59.6 Å². The van der Waals surface area contributed by atoms with Crippen LogP contribution in [0.3, 0.4) is 0 Å². The fourth-order valence-corrected chi connectivity index (χ4v) is 6.03. The Morgan fingerprint density at radius 2 is 1.51 bits per heavy atom. The summed E-state index contributed by atoms with van der Waals surface area (Å²) in [5.41, 5.74) is 13.6. The first-order chi connectivity index (χ1) is 21.0. The molecule has 0 aliphatic carbocycles. The van der Waals surface area contributed by atoms with Crippen molar-refractivity contribution in [2.45, 2.75) is 51.0 Å². The summed E-state index contributed by atoms with van der Waals surface area (Å²) in [7, 11) is 2.17. The van der Waals surface area contributed by atoms with E-state index in [2.05, 4.69) is 110 Å². The monoisotopic (exact) mass is 572 g/mol. The second-order valence-corrected chi connectivity index (χ2v) is 11.6. The van der Waals surface area contributed by atoms with Crippen molar-refractivity contribution in [3.05, 3.63) is 143 Å². The van der Waals surface area contributed by atoms with Crippen LogP contribution in [-0.2, 0) is 22.6 Å². The average Bonchev–Trinajstić information content (AvgIpc) is 3.07. The van der Waals surface area contributed by atoms with Crippen LogP contribution >= 0.6 is 0 Å². The maximum absolute atomic E-state index is 9.55. The predicted molar refractivity (Wildman–Crippen MR) is 173 cm³/mol. The van der Waals surface area contributed by atoms with Crippen LogP contribution in [0.4, 0.5) is 0 Å². The molecule has 0 saturated carbocycles. The van der Waals surface area contributed by atoms with Gasteiger partial charge in [-0.2, -0.15) is 0 Å². The Kier molecular flexibility index (Phi) is 8.98. The summed E-state index contributed by atoms with van der Waals surface area (Å²) in [6, 6.07) is 40.2. The van der Waals surface area contributed by atoms with Gasteiger partial charge < -0.3 is 20.3 Å². The van der Waals surface area contributed by atoms with Crippen molar-refractivity contribution in [1.82, 2.24) is 4.90 Å². The molecule has 1 saturated heterocycles. The van der Waals surface area contributed by atoms with Gasteiger partial charge in [0.1, 0.15) is 0 Å². The van der Waals surface area contributed by atoms with E-state index in [9.17, 15) is 5.11 Å². The van der Waals surface area contributed by atoms with E-state index in [0.29, 0.717) is 6.54 Å². The molecule has 3 N–H and O–H groups in total. The van der Waals surface area contributed by atoms with Gasteiger partial charge in [-0.05, 0) is 64.2 Å². The van der Waals surface area contributed by atoms with Crippen molar-refractivity contribution in [2.24, 2.45) is 5.73 Å². The van der Waals surface area contributed by atoms with Gasteiger partial charge in [0.15, 0.2) is 6.29 Å². The lowest BCUT2D eigenvalue weighted by Crippen LogP contribution is -2.38. The molecule has 0 aromatic heterocycles. The lowest BCUT2D eigenvalue weighted by atomic mass is 9.97. The number of hydrogen-bond donors (Lipinski definition) is 2. The van der Waals surface area contributed by atoms with Crippen LogP contribution in [0, 0.1) is 0 Å². The highest BCUT2D eigenvalue weighted by molar-refractivity contribution is 5.83. The second kappa shape index (κ2) is 13.2. The maximum atomic E-state index is 9.55. The first kappa shape index (κ1) is 29.2. The zero-order valence-electron chi connectivity index (χ0n) is 24.9. The third kappa shape index (κ3) is 6.57. The summed E-state index contributed by atoms with van der Waals surface area (Å²) < 4.78 is 13.3. The minimum Gasteiger partial charge on any atom is -0.392 e. The van der Waals surface area contributed by atoms with E-state index < -0.39 is 6.29 Å². The summed E-state index contributed by atoms with van der Waals surface area (Å²) >= 11 is 0. The number of nitrogens with two attached hydrogens (primary N) is 1.